The number of nitrogens with one attached hydrogen (secondary N) is 1. The lowest BCUT2D eigenvalue weighted by atomic mass is 10.3. The Labute approximate surface area is 126 Å². The highest BCUT2D eigenvalue weighted by Crippen LogP contribution is 2.32. The summed E-state index contributed by atoms with van der Waals surface area (Å²) in [7, 11) is 1.92. The summed E-state index contributed by atoms with van der Waals surface area (Å²) < 4.78 is 0. The zero-order valence-corrected chi connectivity index (χ0v) is 13.6. The van der Waals surface area contributed by atoms with E-state index in [1.807, 2.05) is 14.0 Å². The van der Waals surface area contributed by atoms with Crippen LogP contribution in [0.25, 0.3) is 0 Å². The van der Waals surface area contributed by atoms with E-state index in [4.69, 9.17) is 11.6 Å². The van der Waals surface area contributed by atoms with Crippen LogP contribution in [0, 0.1) is 0 Å². The van der Waals surface area contributed by atoms with Crippen molar-refractivity contribution in [2.45, 2.75) is 38.1 Å². The summed E-state index contributed by atoms with van der Waals surface area (Å²) in [6, 6.07) is 8.45. The van der Waals surface area contributed by atoms with E-state index in [0.29, 0.717) is 6.54 Å². The highest BCUT2D eigenvalue weighted by molar-refractivity contribution is 8.03. The maximum absolute atomic E-state index is 6.07. The molecule has 0 spiro atoms. The Morgan fingerprint density at radius 1 is 1.35 bits per heavy atom. The minimum Gasteiger partial charge on any atom is -0.388 e. The topological polar surface area (TPSA) is 67.3 Å². The van der Waals surface area contributed by atoms with E-state index in [-0.39, 0.29) is 6.04 Å². The summed E-state index contributed by atoms with van der Waals surface area (Å²) >= 11 is 1.76. The van der Waals surface area contributed by atoms with Crippen molar-refractivity contribution >= 4 is 17.4 Å². The van der Waals surface area contributed by atoms with Gasteiger partial charge in [-0.15, -0.1) is 0 Å². The molecular formula is C15H26N4S. The Morgan fingerprint density at radius 2 is 1.95 bits per heavy atom. The van der Waals surface area contributed by atoms with E-state index in [1.165, 1.54) is 9.80 Å². The first-order valence-corrected chi connectivity index (χ1v) is 7.72. The second-order valence-electron chi connectivity index (χ2n) is 4.87. The maximum Gasteiger partial charge on any atom is 0.0487 e. The Balaban J connectivity index is 2.83. The monoisotopic (exact) mass is 294 g/mol. The van der Waals surface area contributed by atoms with Gasteiger partial charge >= 0.3 is 0 Å². The van der Waals surface area contributed by atoms with Crippen molar-refractivity contribution in [1.29, 1.82) is 0 Å². The van der Waals surface area contributed by atoms with Crippen molar-refractivity contribution in [2.75, 3.05) is 18.9 Å². The molecule has 0 aliphatic carbocycles. The summed E-state index contributed by atoms with van der Waals surface area (Å²) in [6.45, 7) is 6.82. The zero-order chi connectivity index (χ0) is 15.1. The molecular weight excluding hydrogens is 268 g/mol. The molecule has 1 rings (SSSR count). The minimum absolute atomic E-state index is 0.0629. The number of rotatable bonds is 7. The van der Waals surface area contributed by atoms with Gasteiger partial charge < -0.3 is 16.1 Å². The molecule has 5 N–H and O–H groups in total. The maximum atomic E-state index is 6.07. The molecule has 5 heteroatoms. The molecule has 0 unspecified atom stereocenters. The standard InChI is InChI=1S/C15H26N4S/c1-5-15(12(3)19(17)10-11(2)16)20-14-8-6-13(18-4)7-9-14/h6-9,11,18H,5,10,16-17H2,1-4H3/b15-12+/t11-/m0/s1. The number of nitrogens with zero attached hydrogens (tertiary/aromatic N) is 1. The number of nitrogens with two attached hydrogens (primary N) is 2. The van der Waals surface area contributed by atoms with Crippen LogP contribution in [0.15, 0.2) is 39.8 Å². The summed E-state index contributed by atoms with van der Waals surface area (Å²) in [6.07, 6.45) is 0.955. The van der Waals surface area contributed by atoms with E-state index >= 15 is 0 Å². The molecule has 0 saturated heterocycles. The van der Waals surface area contributed by atoms with Crippen molar-refractivity contribution in [3.05, 3.63) is 34.9 Å². The van der Waals surface area contributed by atoms with Crippen molar-refractivity contribution < 1.29 is 0 Å². The van der Waals surface area contributed by atoms with Crippen molar-refractivity contribution in [1.82, 2.24) is 5.01 Å². The molecule has 1 aromatic carbocycles. The van der Waals surface area contributed by atoms with Crippen LogP contribution < -0.4 is 16.9 Å². The average Bonchev–Trinajstić information content (AvgIpc) is 2.44. The lowest BCUT2D eigenvalue weighted by Crippen LogP contribution is -2.39. The molecule has 1 aromatic rings. The molecule has 1 atom stereocenters. The largest absolute Gasteiger partial charge is 0.388 e. The second kappa shape index (κ2) is 8.19. The SMILES string of the molecule is CC/C(Sc1ccc(NC)cc1)=C(/C)N(N)C[C@H](C)N. The quantitative estimate of drug-likeness (QED) is 0.410. The lowest BCUT2D eigenvalue weighted by molar-refractivity contribution is 0.337. The predicted octanol–water partition coefficient (Wildman–Crippen LogP) is 2.98. The minimum atomic E-state index is 0.0629. The van der Waals surface area contributed by atoms with Crippen LogP contribution in [0.2, 0.25) is 0 Å². The fourth-order valence-corrected chi connectivity index (χ4v) is 2.81. The number of anilines is 1. The lowest BCUT2D eigenvalue weighted by Gasteiger charge is -2.24. The number of hydrogen-bond donors (Lipinski definition) is 3. The number of thioether (sulfide) groups is 1. The van der Waals surface area contributed by atoms with Gasteiger partial charge in [0.1, 0.15) is 0 Å². The van der Waals surface area contributed by atoms with E-state index < -0.39 is 0 Å². The van der Waals surface area contributed by atoms with Gasteiger partial charge in [0.25, 0.3) is 0 Å². The summed E-state index contributed by atoms with van der Waals surface area (Å²) in [4.78, 5) is 2.49. The molecule has 0 radical (unpaired) electrons. The van der Waals surface area contributed by atoms with Gasteiger partial charge in [0, 0.05) is 40.8 Å². The zero-order valence-electron chi connectivity index (χ0n) is 12.8. The van der Waals surface area contributed by atoms with Gasteiger partial charge in [-0.2, -0.15) is 0 Å². The van der Waals surface area contributed by atoms with Crippen molar-refractivity contribution in [3.63, 3.8) is 0 Å². The number of allylic oxidation sites excluding steroid dienone is 2. The first kappa shape index (κ1) is 16.9. The highest BCUT2D eigenvalue weighted by Gasteiger charge is 2.09. The van der Waals surface area contributed by atoms with E-state index in [9.17, 15) is 0 Å². The van der Waals surface area contributed by atoms with Crippen LogP contribution >= 0.6 is 11.8 Å². The molecule has 0 bridgehead atoms. The van der Waals surface area contributed by atoms with E-state index in [0.717, 1.165) is 17.8 Å². The van der Waals surface area contributed by atoms with Crippen molar-refractivity contribution in [3.8, 4) is 0 Å². The second-order valence-corrected chi connectivity index (χ2v) is 6.04. The van der Waals surface area contributed by atoms with Crippen LogP contribution in [-0.4, -0.2) is 24.6 Å². The van der Waals surface area contributed by atoms with Gasteiger partial charge in [0.2, 0.25) is 0 Å². The number of hydrogen-bond acceptors (Lipinski definition) is 5. The molecule has 0 saturated carbocycles. The molecule has 20 heavy (non-hydrogen) atoms. The van der Waals surface area contributed by atoms with E-state index in [1.54, 1.807) is 16.8 Å². The molecule has 0 aromatic heterocycles. The van der Waals surface area contributed by atoms with Crippen LogP contribution in [0.1, 0.15) is 27.2 Å². The van der Waals surface area contributed by atoms with Crippen LogP contribution in [-0.2, 0) is 0 Å². The summed E-state index contributed by atoms with van der Waals surface area (Å²) in [5, 5.41) is 4.87. The van der Waals surface area contributed by atoms with Crippen LogP contribution in [0.5, 0.6) is 0 Å². The fourth-order valence-electron chi connectivity index (χ4n) is 1.84. The molecule has 112 valence electrons. The Morgan fingerprint density at radius 3 is 2.40 bits per heavy atom. The number of benzene rings is 1. The third-order valence-corrected chi connectivity index (χ3v) is 4.36. The molecule has 0 fully saturated rings. The molecule has 0 amide bonds. The van der Waals surface area contributed by atoms with Gasteiger partial charge in [0.15, 0.2) is 0 Å². The van der Waals surface area contributed by atoms with E-state index in [2.05, 4.69) is 43.4 Å². The first-order valence-electron chi connectivity index (χ1n) is 6.91. The van der Waals surface area contributed by atoms with Crippen molar-refractivity contribution in [2.24, 2.45) is 11.6 Å². The normalized spacial score (nSPS) is 13.7. The Bertz CT molecular complexity index is 440. The summed E-state index contributed by atoms with van der Waals surface area (Å²) in [5.74, 6) is 6.07. The van der Waals surface area contributed by atoms with Gasteiger partial charge in [-0.05, 0) is 44.5 Å². The van der Waals surface area contributed by atoms with Gasteiger partial charge in [-0.1, -0.05) is 18.7 Å². The third kappa shape index (κ3) is 5.07. The average molecular weight is 294 g/mol. The predicted molar refractivity (Wildman–Crippen MR) is 89.4 cm³/mol. The van der Waals surface area contributed by atoms with Gasteiger partial charge in [-0.3, -0.25) is 0 Å². The van der Waals surface area contributed by atoms with Gasteiger partial charge in [-0.25, -0.2) is 5.84 Å². The van der Waals surface area contributed by atoms with Crippen LogP contribution in [0.4, 0.5) is 5.69 Å². The first-order chi connectivity index (χ1) is 9.47. The molecule has 0 heterocycles. The van der Waals surface area contributed by atoms with Crippen LogP contribution in [0.3, 0.4) is 0 Å². The number of hydrazine groups is 1. The third-order valence-electron chi connectivity index (χ3n) is 3.02. The Kier molecular flexibility index (Phi) is 6.91. The molecule has 0 aliphatic heterocycles. The summed E-state index contributed by atoms with van der Waals surface area (Å²) in [5.41, 5.74) is 8.01. The molecule has 0 aliphatic rings. The smallest absolute Gasteiger partial charge is 0.0487 e. The fraction of sp³-hybridized carbons (Fsp3) is 0.467. The molecule has 4 nitrogen and oxygen atoms in total. The van der Waals surface area contributed by atoms with Gasteiger partial charge in [0.05, 0.1) is 0 Å². The highest BCUT2D eigenvalue weighted by atomic mass is 32.2. The Hall–Kier alpha value is -1.17.